The van der Waals surface area contributed by atoms with Crippen molar-refractivity contribution in [1.29, 1.82) is 0 Å². The van der Waals surface area contributed by atoms with Crippen LogP contribution in [0.4, 0.5) is 9.93 Å². The third-order valence-electron chi connectivity index (χ3n) is 2.88. The summed E-state index contributed by atoms with van der Waals surface area (Å²) < 4.78 is 0. The Morgan fingerprint density at radius 3 is 2.71 bits per heavy atom. The lowest BCUT2D eigenvalue weighted by Gasteiger charge is -2.16. The van der Waals surface area contributed by atoms with Gasteiger partial charge in [0.2, 0.25) is 0 Å². The highest BCUT2D eigenvalue weighted by atomic mass is 35.5. The van der Waals surface area contributed by atoms with E-state index in [4.69, 9.17) is 11.6 Å². The van der Waals surface area contributed by atoms with E-state index in [2.05, 4.69) is 15.6 Å². The van der Waals surface area contributed by atoms with Gasteiger partial charge in [0.1, 0.15) is 0 Å². The molecule has 1 aromatic carbocycles. The molecule has 2 amide bonds. The van der Waals surface area contributed by atoms with Gasteiger partial charge in [0.15, 0.2) is 5.13 Å². The first kappa shape index (κ1) is 15.8. The Morgan fingerprint density at radius 2 is 2.14 bits per heavy atom. The van der Waals surface area contributed by atoms with E-state index in [-0.39, 0.29) is 6.61 Å². The van der Waals surface area contributed by atoms with Crippen molar-refractivity contribution in [2.45, 2.75) is 19.4 Å². The van der Waals surface area contributed by atoms with Crippen LogP contribution >= 0.6 is 22.9 Å². The first-order valence-electron chi connectivity index (χ1n) is 6.51. The van der Waals surface area contributed by atoms with Gasteiger partial charge in [-0.2, -0.15) is 0 Å². The zero-order valence-corrected chi connectivity index (χ0v) is 13.0. The summed E-state index contributed by atoms with van der Waals surface area (Å²) >= 11 is 7.25. The lowest BCUT2D eigenvalue weighted by Crippen LogP contribution is -2.34. The second-order valence-corrected chi connectivity index (χ2v) is 5.92. The number of aromatic nitrogens is 1. The van der Waals surface area contributed by atoms with Gasteiger partial charge in [0.25, 0.3) is 0 Å². The maximum absolute atomic E-state index is 11.9. The number of aryl methyl sites for hydroxylation is 1. The Labute approximate surface area is 132 Å². The molecule has 0 aliphatic carbocycles. The minimum absolute atomic E-state index is 0.201. The Bertz CT molecular complexity index is 601. The van der Waals surface area contributed by atoms with Gasteiger partial charge < -0.3 is 10.4 Å². The summed E-state index contributed by atoms with van der Waals surface area (Å²) in [7, 11) is 0. The average molecular weight is 326 g/mol. The number of benzene rings is 1. The van der Waals surface area contributed by atoms with Crippen molar-refractivity contribution in [3.63, 3.8) is 0 Å². The van der Waals surface area contributed by atoms with E-state index >= 15 is 0 Å². The first-order chi connectivity index (χ1) is 10.1. The Balaban J connectivity index is 1.97. The van der Waals surface area contributed by atoms with Crippen LogP contribution in [0.25, 0.3) is 0 Å². The highest BCUT2D eigenvalue weighted by Gasteiger charge is 2.14. The van der Waals surface area contributed by atoms with Gasteiger partial charge >= 0.3 is 6.03 Å². The monoisotopic (exact) mass is 325 g/mol. The van der Waals surface area contributed by atoms with Gasteiger partial charge in [0, 0.05) is 16.1 Å². The zero-order chi connectivity index (χ0) is 15.2. The van der Waals surface area contributed by atoms with Crippen molar-refractivity contribution >= 4 is 34.1 Å². The van der Waals surface area contributed by atoms with Crippen LogP contribution in [-0.2, 0) is 6.42 Å². The van der Waals surface area contributed by atoms with Crippen LogP contribution in [0.15, 0.2) is 30.5 Å². The van der Waals surface area contributed by atoms with Crippen molar-refractivity contribution in [3.8, 4) is 0 Å². The summed E-state index contributed by atoms with van der Waals surface area (Å²) in [6, 6.07) is 6.07. The second kappa shape index (κ2) is 7.40. The molecule has 7 heteroatoms. The number of nitrogens with zero attached hydrogens (tertiary/aromatic N) is 1. The molecule has 3 N–H and O–H groups in total. The molecule has 1 heterocycles. The van der Waals surface area contributed by atoms with Crippen molar-refractivity contribution in [3.05, 3.63) is 45.9 Å². The lowest BCUT2D eigenvalue weighted by molar-refractivity contribution is 0.225. The molecule has 0 bridgehead atoms. The minimum Gasteiger partial charge on any atom is -0.394 e. The highest BCUT2D eigenvalue weighted by molar-refractivity contribution is 7.15. The maximum Gasteiger partial charge on any atom is 0.321 e. The Hall–Kier alpha value is -1.63. The fraction of sp³-hybridized carbons (Fsp3) is 0.286. The summed E-state index contributed by atoms with van der Waals surface area (Å²) in [4.78, 5) is 17.1. The molecule has 0 radical (unpaired) electrons. The predicted octanol–water partition coefficient (Wildman–Crippen LogP) is 3.21. The molecule has 112 valence electrons. The molecular formula is C14H16ClN3O2S. The molecule has 0 aliphatic heterocycles. The number of aliphatic hydroxyl groups is 1. The number of anilines is 1. The van der Waals surface area contributed by atoms with Crippen LogP contribution in [0.1, 0.15) is 23.4 Å². The van der Waals surface area contributed by atoms with E-state index in [0.717, 1.165) is 16.9 Å². The Morgan fingerprint density at radius 1 is 1.43 bits per heavy atom. The predicted molar refractivity (Wildman–Crippen MR) is 84.9 cm³/mol. The number of amides is 2. The quantitative estimate of drug-likeness (QED) is 0.790. The molecule has 1 unspecified atom stereocenters. The number of carbonyl (C=O) groups excluding carboxylic acids is 1. The summed E-state index contributed by atoms with van der Waals surface area (Å²) in [5, 5.41) is 15.9. The second-order valence-electron chi connectivity index (χ2n) is 4.37. The van der Waals surface area contributed by atoms with E-state index in [1.54, 1.807) is 30.5 Å². The van der Waals surface area contributed by atoms with Gasteiger partial charge in [-0.25, -0.2) is 9.78 Å². The van der Waals surface area contributed by atoms with Crippen LogP contribution in [-0.4, -0.2) is 22.7 Å². The topological polar surface area (TPSA) is 74.2 Å². The van der Waals surface area contributed by atoms with Crippen molar-refractivity contribution in [2.24, 2.45) is 0 Å². The van der Waals surface area contributed by atoms with Gasteiger partial charge in [-0.1, -0.05) is 30.7 Å². The third-order valence-corrected chi connectivity index (χ3v) is 4.19. The minimum atomic E-state index is -0.493. The summed E-state index contributed by atoms with van der Waals surface area (Å²) in [5.41, 5.74) is 0.783. The molecule has 0 fully saturated rings. The average Bonchev–Trinajstić information content (AvgIpc) is 2.93. The lowest BCUT2D eigenvalue weighted by atomic mass is 10.1. The van der Waals surface area contributed by atoms with E-state index in [9.17, 15) is 9.90 Å². The summed E-state index contributed by atoms with van der Waals surface area (Å²) in [6.07, 6.45) is 2.62. The van der Waals surface area contributed by atoms with E-state index in [1.807, 2.05) is 6.92 Å². The fourth-order valence-corrected chi connectivity index (χ4v) is 2.62. The number of nitrogens with one attached hydrogen (secondary N) is 2. The molecule has 21 heavy (non-hydrogen) atoms. The maximum atomic E-state index is 11.9. The van der Waals surface area contributed by atoms with Crippen molar-refractivity contribution < 1.29 is 9.90 Å². The number of urea groups is 1. The number of carbonyl (C=O) groups is 1. The van der Waals surface area contributed by atoms with Crippen LogP contribution in [0.2, 0.25) is 5.02 Å². The zero-order valence-electron chi connectivity index (χ0n) is 11.5. The van der Waals surface area contributed by atoms with Gasteiger partial charge in [0.05, 0.1) is 12.6 Å². The number of hydrogen-bond acceptors (Lipinski definition) is 4. The normalized spacial score (nSPS) is 12.0. The van der Waals surface area contributed by atoms with E-state index < -0.39 is 12.1 Å². The first-order valence-corrected chi connectivity index (χ1v) is 7.70. The van der Waals surface area contributed by atoms with Crippen LogP contribution < -0.4 is 10.6 Å². The largest absolute Gasteiger partial charge is 0.394 e. The smallest absolute Gasteiger partial charge is 0.321 e. The third kappa shape index (κ3) is 4.42. The van der Waals surface area contributed by atoms with Crippen molar-refractivity contribution in [1.82, 2.24) is 10.3 Å². The molecule has 0 saturated carbocycles. The summed E-state index contributed by atoms with van der Waals surface area (Å²) in [5.74, 6) is 0. The van der Waals surface area contributed by atoms with Gasteiger partial charge in [-0.05, 0) is 24.1 Å². The van der Waals surface area contributed by atoms with Crippen LogP contribution in [0.5, 0.6) is 0 Å². The number of thiazole rings is 1. The van der Waals surface area contributed by atoms with Crippen LogP contribution in [0, 0.1) is 0 Å². The fourth-order valence-electron chi connectivity index (χ4n) is 1.75. The van der Waals surface area contributed by atoms with E-state index in [1.165, 1.54) is 11.3 Å². The van der Waals surface area contributed by atoms with Crippen LogP contribution in [0.3, 0.4) is 0 Å². The van der Waals surface area contributed by atoms with Gasteiger partial charge in [-0.15, -0.1) is 11.3 Å². The number of halogens is 1. The van der Waals surface area contributed by atoms with Crippen molar-refractivity contribution in [2.75, 3.05) is 11.9 Å². The van der Waals surface area contributed by atoms with Gasteiger partial charge in [-0.3, -0.25) is 5.32 Å². The molecule has 1 aromatic heterocycles. The SMILES string of the molecule is CCc1cnc(NC(=O)NC(CO)c2ccc(Cl)cc2)s1. The molecule has 2 aromatic rings. The molecule has 1 atom stereocenters. The molecule has 2 rings (SSSR count). The Kier molecular flexibility index (Phi) is 5.55. The molecule has 0 saturated heterocycles. The number of aliphatic hydroxyl groups excluding tert-OH is 1. The van der Waals surface area contributed by atoms with E-state index in [0.29, 0.717) is 10.2 Å². The molecule has 0 spiro atoms. The number of rotatable bonds is 5. The highest BCUT2D eigenvalue weighted by Crippen LogP contribution is 2.19. The standard InChI is InChI=1S/C14H16ClN3O2S/c1-2-11-7-16-14(21-11)18-13(20)17-12(8-19)9-3-5-10(15)6-4-9/h3-7,12,19H,2,8H2,1H3,(H2,16,17,18,20). The molecule has 0 aliphatic rings. The molecular weight excluding hydrogens is 310 g/mol. The molecule has 5 nitrogen and oxygen atoms in total. The summed E-state index contributed by atoms with van der Waals surface area (Å²) in [6.45, 7) is 1.83. The number of hydrogen-bond donors (Lipinski definition) is 3.